The van der Waals surface area contributed by atoms with Crippen molar-refractivity contribution in [2.45, 2.75) is 45.9 Å². The van der Waals surface area contributed by atoms with Crippen LogP contribution in [0.15, 0.2) is 30.6 Å². The first-order valence-electron chi connectivity index (χ1n) is 8.30. The van der Waals surface area contributed by atoms with Crippen molar-refractivity contribution < 1.29 is 14.3 Å². The molecule has 2 heterocycles. The van der Waals surface area contributed by atoms with Crippen LogP contribution in [0.5, 0.6) is 11.5 Å². The fraction of sp³-hybridized carbons (Fsp3) is 0.444. The molecule has 6 nitrogen and oxygen atoms in total. The summed E-state index contributed by atoms with van der Waals surface area (Å²) in [6.45, 7) is 6.80. The van der Waals surface area contributed by atoms with Crippen LogP contribution in [0.4, 0.5) is 0 Å². The highest BCUT2D eigenvalue weighted by Gasteiger charge is 2.22. The zero-order chi connectivity index (χ0) is 17.1. The molecule has 0 radical (unpaired) electrons. The molecular weight excluding hydrogens is 306 g/mol. The zero-order valence-electron chi connectivity index (χ0n) is 14.3. The molecule has 0 unspecified atom stereocenters. The number of amides is 1. The van der Waals surface area contributed by atoms with Gasteiger partial charge in [-0.1, -0.05) is 0 Å². The first-order valence-corrected chi connectivity index (χ1v) is 8.30. The van der Waals surface area contributed by atoms with Crippen molar-refractivity contribution in [2.24, 2.45) is 0 Å². The summed E-state index contributed by atoms with van der Waals surface area (Å²) in [6.07, 6.45) is 4.51. The molecule has 1 aromatic heterocycles. The van der Waals surface area contributed by atoms with Gasteiger partial charge in [0.2, 0.25) is 5.91 Å². The fourth-order valence-corrected chi connectivity index (χ4v) is 2.87. The van der Waals surface area contributed by atoms with E-state index in [2.05, 4.69) is 10.4 Å². The fourth-order valence-electron chi connectivity index (χ4n) is 2.87. The second-order valence-electron chi connectivity index (χ2n) is 6.01. The summed E-state index contributed by atoms with van der Waals surface area (Å²) < 4.78 is 13.2. The summed E-state index contributed by atoms with van der Waals surface area (Å²) >= 11 is 0. The summed E-state index contributed by atoms with van der Waals surface area (Å²) in [7, 11) is 0. The highest BCUT2D eigenvalue weighted by Crippen LogP contribution is 2.35. The van der Waals surface area contributed by atoms with Gasteiger partial charge in [-0.2, -0.15) is 5.10 Å². The Morgan fingerprint density at radius 1 is 1.54 bits per heavy atom. The van der Waals surface area contributed by atoms with Gasteiger partial charge in [0.1, 0.15) is 23.6 Å². The molecule has 1 N–H and O–H groups in total. The van der Waals surface area contributed by atoms with Crippen LogP contribution in [0.25, 0.3) is 0 Å². The number of carbonyl (C=O) groups is 1. The Balaban J connectivity index is 1.72. The third-order valence-corrected chi connectivity index (χ3v) is 4.13. The topological polar surface area (TPSA) is 65.4 Å². The molecule has 2 atom stereocenters. The molecule has 24 heavy (non-hydrogen) atoms. The number of nitrogens with zero attached hydrogens (tertiary/aromatic N) is 2. The normalized spacial score (nSPS) is 17.0. The molecule has 0 saturated carbocycles. The minimum atomic E-state index is -0.360. The second kappa shape index (κ2) is 6.95. The summed E-state index contributed by atoms with van der Waals surface area (Å²) in [4.78, 5) is 12.3. The van der Waals surface area contributed by atoms with Gasteiger partial charge in [0, 0.05) is 36.5 Å². The maximum Gasteiger partial charge on any atom is 0.244 e. The standard InChI is InChI=1S/C18H23N3O3/c1-4-23-16-9-14-8-12(2)24-17(14)10-15(16)11-19-18(22)13(3)21-7-5-6-20-21/h5-7,9-10,12-13H,4,8,11H2,1-3H3,(H,19,22)/t12-,13-/m1/s1. The summed E-state index contributed by atoms with van der Waals surface area (Å²) in [6, 6.07) is 5.45. The molecule has 2 aromatic rings. The predicted molar refractivity (Wildman–Crippen MR) is 90.2 cm³/mol. The SMILES string of the molecule is CCOc1cc2c(cc1CNC(=O)[C@@H](C)n1cccn1)O[C@H](C)C2. The quantitative estimate of drug-likeness (QED) is 0.884. The maximum absolute atomic E-state index is 12.3. The van der Waals surface area contributed by atoms with E-state index in [0.29, 0.717) is 13.2 Å². The molecule has 1 aliphatic heterocycles. The third kappa shape index (κ3) is 3.37. The van der Waals surface area contributed by atoms with Gasteiger partial charge < -0.3 is 14.8 Å². The lowest BCUT2D eigenvalue weighted by Crippen LogP contribution is -2.31. The van der Waals surface area contributed by atoms with Gasteiger partial charge in [-0.25, -0.2) is 0 Å². The van der Waals surface area contributed by atoms with Crippen molar-refractivity contribution in [1.82, 2.24) is 15.1 Å². The van der Waals surface area contributed by atoms with Crippen LogP contribution in [-0.4, -0.2) is 28.4 Å². The van der Waals surface area contributed by atoms with Crippen molar-refractivity contribution in [3.05, 3.63) is 41.7 Å². The van der Waals surface area contributed by atoms with Gasteiger partial charge in [-0.15, -0.1) is 0 Å². The minimum Gasteiger partial charge on any atom is -0.494 e. The number of ether oxygens (including phenoxy) is 2. The van der Waals surface area contributed by atoms with Crippen molar-refractivity contribution in [3.63, 3.8) is 0 Å². The number of fused-ring (bicyclic) bond motifs is 1. The van der Waals surface area contributed by atoms with Gasteiger partial charge in [0.15, 0.2) is 0 Å². The molecule has 1 amide bonds. The Kier molecular flexibility index (Phi) is 4.74. The molecule has 0 saturated heterocycles. The van der Waals surface area contributed by atoms with Crippen LogP contribution in [0, 0.1) is 0 Å². The van der Waals surface area contributed by atoms with E-state index in [0.717, 1.165) is 29.0 Å². The van der Waals surface area contributed by atoms with Crippen LogP contribution in [0.3, 0.4) is 0 Å². The van der Waals surface area contributed by atoms with Crippen LogP contribution in [-0.2, 0) is 17.8 Å². The monoisotopic (exact) mass is 329 g/mol. The molecule has 1 aliphatic rings. The van der Waals surface area contributed by atoms with Gasteiger partial charge in [-0.3, -0.25) is 9.48 Å². The van der Waals surface area contributed by atoms with E-state index in [1.807, 2.05) is 32.9 Å². The van der Waals surface area contributed by atoms with Crippen molar-refractivity contribution in [1.29, 1.82) is 0 Å². The van der Waals surface area contributed by atoms with Gasteiger partial charge in [0.25, 0.3) is 0 Å². The Hall–Kier alpha value is -2.50. The lowest BCUT2D eigenvalue weighted by atomic mass is 10.1. The highest BCUT2D eigenvalue weighted by atomic mass is 16.5. The first-order chi connectivity index (χ1) is 11.6. The van der Waals surface area contributed by atoms with E-state index in [9.17, 15) is 4.79 Å². The van der Waals surface area contributed by atoms with Crippen molar-refractivity contribution >= 4 is 5.91 Å². The van der Waals surface area contributed by atoms with Crippen molar-refractivity contribution in [3.8, 4) is 11.5 Å². The van der Waals surface area contributed by atoms with Crippen LogP contribution in [0.1, 0.15) is 37.9 Å². The van der Waals surface area contributed by atoms with E-state index in [-0.39, 0.29) is 18.1 Å². The number of nitrogens with one attached hydrogen (secondary N) is 1. The van der Waals surface area contributed by atoms with Crippen LogP contribution < -0.4 is 14.8 Å². The number of hydrogen-bond donors (Lipinski definition) is 1. The Morgan fingerprint density at radius 2 is 2.38 bits per heavy atom. The average molecular weight is 329 g/mol. The third-order valence-electron chi connectivity index (χ3n) is 4.13. The smallest absolute Gasteiger partial charge is 0.244 e. The van der Waals surface area contributed by atoms with E-state index < -0.39 is 0 Å². The largest absolute Gasteiger partial charge is 0.494 e. The molecule has 6 heteroatoms. The Bertz CT molecular complexity index is 713. The Labute approximate surface area is 141 Å². The number of hydrogen-bond acceptors (Lipinski definition) is 4. The summed E-state index contributed by atoms with van der Waals surface area (Å²) in [5, 5.41) is 7.06. The second-order valence-corrected chi connectivity index (χ2v) is 6.01. The van der Waals surface area contributed by atoms with Crippen LogP contribution >= 0.6 is 0 Å². The minimum absolute atomic E-state index is 0.0871. The van der Waals surface area contributed by atoms with E-state index in [4.69, 9.17) is 9.47 Å². The van der Waals surface area contributed by atoms with Gasteiger partial charge >= 0.3 is 0 Å². The highest BCUT2D eigenvalue weighted by molar-refractivity contribution is 5.79. The molecule has 3 rings (SSSR count). The lowest BCUT2D eigenvalue weighted by molar-refractivity contribution is -0.124. The van der Waals surface area contributed by atoms with E-state index in [1.165, 1.54) is 0 Å². The van der Waals surface area contributed by atoms with Crippen LogP contribution in [0.2, 0.25) is 0 Å². The Morgan fingerprint density at radius 3 is 3.08 bits per heavy atom. The molecular formula is C18H23N3O3. The zero-order valence-corrected chi connectivity index (χ0v) is 14.3. The summed E-state index contributed by atoms with van der Waals surface area (Å²) in [5.41, 5.74) is 2.08. The molecule has 128 valence electrons. The molecule has 1 aromatic carbocycles. The number of carbonyl (C=O) groups excluding carboxylic acids is 1. The molecule has 0 spiro atoms. The molecule has 0 fully saturated rings. The lowest BCUT2D eigenvalue weighted by Gasteiger charge is -2.15. The summed E-state index contributed by atoms with van der Waals surface area (Å²) in [5.74, 6) is 1.60. The average Bonchev–Trinajstić information content (AvgIpc) is 3.20. The number of aromatic nitrogens is 2. The van der Waals surface area contributed by atoms with E-state index in [1.54, 1.807) is 23.1 Å². The molecule has 0 bridgehead atoms. The number of rotatable bonds is 6. The maximum atomic E-state index is 12.3. The van der Waals surface area contributed by atoms with E-state index >= 15 is 0 Å². The predicted octanol–water partition coefficient (Wildman–Crippen LogP) is 2.48. The first kappa shape index (κ1) is 16.4. The van der Waals surface area contributed by atoms with Crippen molar-refractivity contribution in [2.75, 3.05) is 6.61 Å². The van der Waals surface area contributed by atoms with Gasteiger partial charge in [-0.05, 0) is 39.0 Å². The molecule has 0 aliphatic carbocycles. The van der Waals surface area contributed by atoms with Gasteiger partial charge in [0.05, 0.1) is 6.61 Å². The number of benzene rings is 1.